The molecule has 0 aromatic heterocycles. The minimum atomic E-state index is -0.277. The van der Waals surface area contributed by atoms with Gasteiger partial charge in [-0.2, -0.15) is 0 Å². The number of nitrogens with one attached hydrogen (secondary N) is 2. The van der Waals surface area contributed by atoms with Crippen molar-refractivity contribution in [3.63, 3.8) is 0 Å². The van der Waals surface area contributed by atoms with Crippen LogP contribution in [-0.4, -0.2) is 32.2 Å². The van der Waals surface area contributed by atoms with Crippen LogP contribution in [0.3, 0.4) is 0 Å². The highest BCUT2D eigenvalue weighted by atomic mass is 79.9. The van der Waals surface area contributed by atoms with Crippen molar-refractivity contribution < 1.29 is 9.53 Å². The number of rotatable bonds is 3. The molecule has 4 nitrogen and oxygen atoms in total. The molecule has 0 radical (unpaired) electrons. The summed E-state index contributed by atoms with van der Waals surface area (Å²) in [4.78, 5) is 12.7. The van der Waals surface area contributed by atoms with E-state index in [1.54, 1.807) is 0 Å². The topological polar surface area (TPSA) is 50.4 Å². The van der Waals surface area contributed by atoms with Gasteiger partial charge in [0, 0.05) is 23.6 Å². The van der Waals surface area contributed by atoms with Crippen LogP contribution >= 0.6 is 15.9 Å². The van der Waals surface area contributed by atoms with Crippen molar-refractivity contribution in [2.75, 3.05) is 26.3 Å². The first-order valence-corrected chi connectivity index (χ1v) is 8.85. The van der Waals surface area contributed by atoms with Gasteiger partial charge in [-0.3, -0.25) is 4.79 Å². The van der Waals surface area contributed by atoms with Gasteiger partial charge < -0.3 is 15.4 Å². The van der Waals surface area contributed by atoms with E-state index in [0.29, 0.717) is 13.2 Å². The summed E-state index contributed by atoms with van der Waals surface area (Å²) in [5.41, 5.74) is 0.905. The summed E-state index contributed by atoms with van der Waals surface area (Å²) < 4.78 is 6.58. The van der Waals surface area contributed by atoms with E-state index in [4.69, 9.17) is 4.74 Å². The van der Waals surface area contributed by atoms with Gasteiger partial charge in [-0.1, -0.05) is 28.1 Å². The molecule has 1 amide bonds. The van der Waals surface area contributed by atoms with Crippen molar-refractivity contribution in [3.8, 4) is 0 Å². The highest BCUT2D eigenvalue weighted by Crippen LogP contribution is 2.33. The van der Waals surface area contributed by atoms with Crippen molar-refractivity contribution in [2.24, 2.45) is 5.92 Å². The molecule has 2 saturated heterocycles. The lowest BCUT2D eigenvalue weighted by Gasteiger charge is -2.40. The van der Waals surface area contributed by atoms with Crippen LogP contribution in [0.25, 0.3) is 0 Å². The molecular weight excluding hydrogens is 344 g/mol. The minimum absolute atomic E-state index is 0.136. The molecule has 120 valence electrons. The molecule has 1 aromatic rings. The number of hydrogen-bond donors (Lipinski definition) is 2. The van der Waals surface area contributed by atoms with Gasteiger partial charge >= 0.3 is 0 Å². The molecule has 2 N–H and O–H groups in total. The van der Waals surface area contributed by atoms with E-state index < -0.39 is 0 Å². The standard InChI is InChI=1S/C17H23BrN2O2/c18-15-3-1-14(2-4-15)17(7-11-22-12-8-17)20-16(21)13-5-9-19-10-6-13/h1-4,13,19H,5-12H2,(H,20,21). The van der Waals surface area contributed by atoms with Crippen molar-refractivity contribution in [1.82, 2.24) is 10.6 Å². The molecule has 22 heavy (non-hydrogen) atoms. The van der Waals surface area contributed by atoms with Crippen LogP contribution in [-0.2, 0) is 15.1 Å². The third-order valence-corrected chi connectivity index (χ3v) is 5.34. The van der Waals surface area contributed by atoms with E-state index >= 15 is 0 Å². The maximum atomic E-state index is 12.7. The first-order chi connectivity index (χ1) is 10.7. The quantitative estimate of drug-likeness (QED) is 0.864. The van der Waals surface area contributed by atoms with Gasteiger partial charge in [-0.05, 0) is 56.5 Å². The van der Waals surface area contributed by atoms with Gasteiger partial charge in [0.15, 0.2) is 0 Å². The number of benzene rings is 1. The number of carbonyl (C=O) groups excluding carboxylic acids is 1. The highest BCUT2D eigenvalue weighted by molar-refractivity contribution is 9.10. The molecule has 0 unspecified atom stereocenters. The van der Waals surface area contributed by atoms with E-state index in [0.717, 1.165) is 43.2 Å². The second-order valence-corrected chi connectivity index (χ2v) is 7.13. The average molecular weight is 367 g/mol. The molecule has 3 rings (SSSR count). The molecule has 2 aliphatic heterocycles. The van der Waals surface area contributed by atoms with E-state index in [1.807, 2.05) is 12.1 Å². The molecule has 2 fully saturated rings. The number of amides is 1. The highest BCUT2D eigenvalue weighted by Gasteiger charge is 2.37. The Balaban J connectivity index is 1.79. The smallest absolute Gasteiger partial charge is 0.223 e. The number of ether oxygens (including phenoxy) is 1. The van der Waals surface area contributed by atoms with E-state index in [9.17, 15) is 4.79 Å². The lowest BCUT2D eigenvalue weighted by molar-refractivity contribution is -0.129. The normalized spacial score (nSPS) is 22.2. The van der Waals surface area contributed by atoms with Crippen molar-refractivity contribution in [3.05, 3.63) is 34.3 Å². The molecular formula is C17H23BrN2O2. The maximum absolute atomic E-state index is 12.7. The number of hydrogen-bond acceptors (Lipinski definition) is 3. The van der Waals surface area contributed by atoms with E-state index in [2.05, 4.69) is 38.7 Å². The second kappa shape index (κ2) is 7.11. The molecule has 0 spiro atoms. The van der Waals surface area contributed by atoms with Crippen molar-refractivity contribution >= 4 is 21.8 Å². The summed E-state index contributed by atoms with van der Waals surface area (Å²) in [5.74, 6) is 0.336. The first-order valence-electron chi connectivity index (χ1n) is 8.06. The number of halogens is 1. The fourth-order valence-corrected chi connectivity index (χ4v) is 3.66. The molecule has 0 saturated carbocycles. The molecule has 5 heteroatoms. The Bertz CT molecular complexity index is 506. The minimum Gasteiger partial charge on any atom is -0.381 e. The summed E-state index contributed by atoms with van der Waals surface area (Å²) in [6.45, 7) is 3.27. The Labute approximate surface area is 140 Å². The van der Waals surface area contributed by atoms with Crippen LogP contribution in [0.1, 0.15) is 31.2 Å². The van der Waals surface area contributed by atoms with Crippen LogP contribution in [0, 0.1) is 5.92 Å². The summed E-state index contributed by atoms with van der Waals surface area (Å²) in [6, 6.07) is 8.31. The predicted molar refractivity (Wildman–Crippen MR) is 89.6 cm³/mol. The number of piperidine rings is 1. The lowest BCUT2D eigenvalue weighted by Crippen LogP contribution is -2.52. The zero-order valence-electron chi connectivity index (χ0n) is 12.7. The summed E-state index contributed by atoms with van der Waals surface area (Å²) >= 11 is 3.48. The zero-order chi connectivity index (χ0) is 15.4. The zero-order valence-corrected chi connectivity index (χ0v) is 14.3. The average Bonchev–Trinajstić information content (AvgIpc) is 2.57. The lowest BCUT2D eigenvalue weighted by atomic mass is 9.81. The summed E-state index contributed by atoms with van der Waals surface area (Å²) in [5, 5.41) is 6.69. The third-order valence-electron chi connectivity index (χ3n) is 4.82. The Hall–Kier alpha value is -0.910. The van der Waals surface area contributed by atoms with Crippen LogP contribution in [0.5, 0.6) is 0 Å². The molecule has 2 aliphatic rings. The monoisotopic (exact) mass is 366 g/mol. The van der Waals surface area contributed by atoms with Crippen LogP contribution in [0.2, 0.25) is 0 Å². The van der Waals surface area contributed by atoms with Crippen LogP contribution in [0.4, 0.5) is 0 Å². The third kappa shape index (κ3) is 3.53. The fraction of sp³-hybridized carbons (Fsp3) is 0.588. The van der Waals surface area contributed by atoms with E-state index in [1.165, 1.54) is 5.56 Å². The molecule has 0 aliphatic carbocycles. The van der Waals surface area contributed by atoms with Gasteiger partial charge in [0.2, 0.25) is 5.91 Å². The van der Waals surface area contributed by atoms with Crippen molar-refractivity contribution in [1.29, 1.82) is 0 Å². The summed E-state index contributed by atoms with van der Waals surface area (Å²) in [7, 11) is 0. The Morgan fingerprint density at radius 3 is 2.45 bits per heavy atom. The first kappa shape index (κ1) is 16.0. The van der Waals surface area contributed by atoms with Gasteiger partial charge in [0.25, 0.3) is 0 Å². The Kier molecular flexibility index (Phi) is 5.16. The molecule has 2 heterocycles. The van der Waals surface area contributed by atoms with Crippen molar-refractivity contribution in [2.45, 2.75) is 31.2 Å². The largest absolute Gasteiger partial charge is 0.381 e. The van der Waals surface area contributed by atoms with Crippen LogP contribution in [0.15, 0.2) is 28.7 Å². The number of carbonyl (C=O) groups is 1. The van der Waals surface area contributed by atoms with Gasteiger partial charge in [0.1, 0.15) is 0 Å². The predicted octanol–water partition coefficient (Wildman–Crippen LogP) is 2.57. The van der Waals surface area contributed by atoms with E-state index in [-0.39, 0.29) is 17.4 Å². The second-order valence-electron chi connectivity index (χ2n) is 6.21. The summed E-state index contributed by atoms with van der Waals surface area (Å²) in [6.07, 6.45) is 3.54. The van der Waals surface area contributed by atoms with Gasteiger partial charge in [-0.25, -0.2) is 0 Å². The fourth-order valence-electron chi connectivity index (χ4n) is 3.40. The molecule has 0 bridgehead atoms. The SMILES string of the molecule is O=C(NC1(c2ccc(Br)cc2)CCOCC1)C1CCNCC1. The maximum Gasteiger partial charge on any atom is 0.223 e. The molecule has 1 aromatic carbocycles. The van der Waals surface area contributed by atoms with Crippen LogP contribution < -0.4 is 10.6 Å². The molecule has 0 atom stereocenters. The Morgan fingerprint density at radius 1 is 1.18 bits per heavy atom. The van der Waals surface area contributed by atoms with Gasteiger partial charge in [0.05, 0.1) is 5.54 Å². The van der Waals surface area contributed by atoms with Gasteiger partial charge in [-0.15, -0.1) is 0 Å². The Morgan fingerprint density at radius 2 is 1.82 bits per heavy atom.